The zero-order valence-electron chi connectivity index (χ0n) is 10.5. The molecule has 0 amide bonds. The van der Waals surface area contributed by atoms with Gasteiger partial charge in [-0.1, -0.05) is 40.2 Å². The van der Waals surface area contributed by atoms with Crippen molar-refractivity contribution in [2.45, 2.75) is 18.9 Å². The fraction of sp³-hybridized carbons (Fsp3) is 0.250. The van der Waals surface area contributed by atoms with Crippen molar-refractivity contribution in [2.24, 2.45) is 0 Å². The first-order chi connectivity index (χ1) is 9.24. The van der Waals surface area contributed by atoms with Crippen LogP contribution in [0.3, 0.4) is 0 Å². The van der Waals surface area contributed by atoms with Crippen molar-refractivity contribution in [3.8, 4) is 5.75 Å². The maximum Gasteiger partial charge on any atom is 0.122 e. The predicted molar refractivity (Wildman–Crippen MR) is 78.4 cm³/mol. The lowest BCUT2D eigenvalue weighted by molar-refractivity contribution is 0.178. The average molecular weight is 319 g/mol. The molecule has 0 saturated heterocycles. The lowest BCUT2D eigenvalue weighted by Gasteiger charge is -2.13. The van der Waals surface area contributed by atoms with Crippen LogP contribution in [0.2, 0.25) is 0 Å². The standard InChI is InChI=1S/C16H15BrO2/c17-14-4-2-1-3-11(14)10-15(18)12-5-6-16-13(9-12)7-8-19-16/h1-6,9,15,18H,7-8,10H2. The quantitative estimate of drug-likeness (QED) is 0.935. The SMILES string of the molecule is OC(Cc1ccccc1Br)c1ccc2c(c1)CCO2. The minimum absolute atomic E-state index is 0.482. The van der Waals surface area contributed by atoms with Gasteiger partial charge < -0.3 is 9.84 Å². The predicted octanol–water partition coefficient (Wildman–Crippen LogP) is 3.66. The molecule has 0 saturated carbocycles. The van der Waals surface area contributed by atoms with Crippen LogP contribution in [0.25, 0.3) is 0 Å². The Morgan fingerprint density at radius 2 is 2.05 bits per heavy atom. The van der Waals surface area contributed by atoms with Crippen molar-refractivity contribution in [1.82, 2.24) is 0 Å². The highest BCUT2D eigenvalue weighted by Crippen LogP contribution is 2.30. The highest BCUT2D eigenvalue weighted by Gasteiger charge is 2.16. The van der Waals surface area contributed by atoms with Crippen LogP contribution in [0, 0.1) is 0 Å². The maximum absolute atomic E-state index is 10.4. The Kier molecular flexibility index (Phi) is 3.58. The van der Waals surface area contributed by atoms with Crippen LogP contribution in [0.5, 0.6) is 5.75 Å². The molecule has 3 rings (SSSR count). The zero-order valence-corrected chi connectivity index (χ0v) is 12.1. The molecule has 0 radical (unpaired) electrons. The van der Waals surface area contributed by atoms with E-state index < -0.39 is 6.10 Å². The van der Waals surface area contributed by atoms with Gasteiger partial charge >= 0.3 is 0 Å². The van der Waals surface area contributed by atoms with Gasteiger partial charge in [0.2, 0.25) is 0 Å². The molecular weight excluding hydrogens is 304 g/mol. The molecule has 0 aliphatic carbocycles. The molecule has 98 valence electrons. The summed E-state index contributed by atoms with van der Waals surface area (Å²) in [5, 5.41) is 10.4. The highest BCUT2D eigenvalue weighted by atomic mass is 79.9. The third kappa shape index (κ3) is 2.67. The van der Waals surface area contributed by atoms with Crippen molar-refractivity contribution in [2.75, 3.05) is 6.61 Å². The van der Waals surface area contributed by atoms with Gasteiger partial charge in [-0.3, -0.25) is 0 Å². The van der Waals surface area contributed by atoms with Crippen LogP contribution < -0.4 is 4.74 Å². The van der Waals surface area contributed by atoms with Crippen LogP contribution >= 0.6 is 15.9 Å². The zero-order chi connectivity index (χ0) is 13.2. The average Bonchev–Trinajstić information content (AvgIpc) is 2.88. The smallest absolute Gasteiger partial charge is 0.122 e. The summed E-state index contributed by atoms with van der Waals surface area (Å²) in [6.45, 7) is 0.749. The van der Waals surface area contributed by atoms with E-state index in [9.17, 15) is 5.11 Å². The Bertz CT molecular complexity index is 595. The molecule has 2 nitrogen and oxygen atoms in total. The lowest BCUT2D eigenvalue weighted by Crippen LogP contribution is -2.02. The minimum Gasteiger partial charge on any atom is -0.493 e. The van der Waals surface area contributed by atoms with Gasteiger partial charge in [0.05, 0.1) is 12.7 Å². The second-order valence-electron chi connectivity index (χ2n) is 4.78. The molecule has 1 aliphatic rings. The first-order valence-electron chi connectivity index (χ1n) is 6.41. The maximum atomic E-state index is 10.4. The number of hydrogen-bond donors (Lipinski definition) is 1. The molecule has 0 fully saturated rings. The summed E-state index contributed by atoms with van der Waals surface area (Å²) in [7, 11) is 0. The lowest BCUT2D eigenvalue weighted by atomic mass is 9.99. The summed E-state index contributed by atoms with van der Waals surface area (Å²) in [5.41, 5.74) is 3.27. The fourth-order valence-electron chi connectivity index (χ4n) is 2.40. The summed E-state index contributed by atoms with van der Waals surface area (Å²) >= 11 is 3.52. The topological polar surface area (TPSA) is 29.5 Å². The Labute approximate surface area is 121 Å². The van der Waals surface area contributed by atoms with Gasteiger partial charge in [0, 0.05) is 17.3 Å². The second kappa shape index (κ2) is 5.35. The van der Waals surface area contributed by atoms with Gasteiger partial charge in [-0.2, -0.15) is 0 Å². The van der Waals surface area contributed by atoms with Crippen LogP contribution in [0.15, 0.2) is 46.9 Å². The van der Waals surface area contributed by atoms with E-state index in [1.807, 2.05) is 36.4 Å². The molecule has 19 heavy (non-hydrogen) atoms. The number of aliphatic hydroxyl groups excluding tert-OH is 1. The Morgan fingerprint density at radius 3 is 2.89 bits per heavy atom. The van der Waals surface area contributed by atoms with E-state index in [0.717, 1.165) is 34.4 Å². The van der Waals surface area contributed by atoms with Crippen LogP contribution in [-0.4, -0.2) is 11.7 Å². The monoisotopic (exact) mass is 318 g/mol. The van der Waals surface area contributed by atoms with E-state index in [0.29, 0.717) is 6.42 Å². The summed E-state index contributed by atoms with van der Waals surface area (Å²) < 4.78 is 6.52. The van der Waals surface area contributed by atoms with Gasteiger partial charge in [0.1, 0.15) is 5.75 Å². The highest BCUT2D eigenvalue weighted by molar-refractivity contribution is 9.10. The van der Waals surface area contributed by atoms with Gasteiger partial charge in [-0.15, -0.1) is 0 Å². The van der Waals surface area contributed by atoms with E-state index >= 15 is 0 Å². The van der Waals surface area contributed by atoms with Crippen LogP contribution in [0.1, 0.15) is 22.8 Å². The van der Waals surface area contributed by atoms with Gasteiger partial charge in [0.15, 0.2) is 0 Å². The molecule has 1 unspecified atom stereocenters. The van der Waals surface area contributed by atoms with Crippen molar-refractivity contribution in [3.63, 3.8) is 0 Å². The normalized spacial score (nSPS) is 14.8. The number of benzene rings is 2. The molecule has 3 heteroatoms. The third-order valence-corrected chi connectivity index (χ3v) is 4.24. The summed E-state index contributed by atoms with van der Waals surface area (Å²) in [6, 6.07) is 14.0. The summed E-state index contributed by atoms with van der Waals surface area (Å²) in [4.78, 5) is 0. The van der Waals surface area contributed by atoms with E-state index in [2.05, 4.69) is 22.0 Å². The molecule has 0 aromatic heterocycles. The molecule has 1 N–H and O–H groups in total. The van der Waals surface area contributed by atoms with E-state index in [1.165, 1.54) is 5.56 Å². The molecule has 0 bridgehead atoms. The summed E-state index contributed by atoms with van der Waals surface area (Å²) in [5.74, 6) is 0.955. The molecule has 1 aliphatic heterocycles. The molecule has 2 aromatic carbocycles. The number of fused-ring (bicyclic) bond motifs is 1. The molecule has 1 heterocycles. The van der Waals surface area contributed by atoms with Gasteiger partial charge in [-0.05, 0) is 34.9 Å². The third-order valence-electron chi connectivity index (χ3n) is 3.47. The van der Waals surface area contributed by atoms with Crippen molar-refractivity contribution < 1.29 is 9.84 Å². The van der Waals surface area contributed by atoms with E-state index in [1.54, 1.807) is 0 Å². The first kappa shape index (κ1) is 12.7. The van der Waals surface area contributed by atoms with Crippen LogP contribution in [0.4, 0.5) is 0 Å². The van der Waals surface area contributed by atoms with Crippen molar-refractivity contribution >= 4 is 15.9 Å². The number of ether oxygens (including phenoxy) is 1. The molecule has 2 aromatic rings. The molecule has 0 spiro atoms. The fourth-order valence-corrected chi connectivity index (χ4v) is 2.85. The summed E-state index contributed by atoms with van der Waals surface area (Å²) in [6.07, 6.45) is 1.07. The minimum atomic E-state index is -0.482. The number of rotatable bonds is 3. The van der Waals surface area contributed by atoms with Crippen molar-refractivity contribution in [3.05, 3.63) is 63.6 Å². The van der Waals surface area contributed by atoms with E-state index in [-0.39, 0.29) is 0 Å². The number of halogens is 1. The molecule has 1 atom stereocenters. The van der Waals surface area contributed by atoms with Crippen LogP contribution in [-0.2, 0) is 12.8 Å². The van der Waals surface area contributed by atoms with Gasteiger partial charge in [0.25, 0.3) is 0 Å². The van der Waals surface area contributed by atoms with Crippen molar-refractivity contribution in [1.29, 1.82) is 0 Å². The molecular formula is C16H15BrO2. The Hall–Kier alpha value is -1.32. The Balaban J connectivity index is 1.81. The van der Waals surface area contributed by atoms with E-state index in [4.69, 9.17) is 4.74 Å². The number of hydrogen-bond acceptors (Lipinski definition) is 2. The number of aliphatic hydroxyl groups is 1. The Morgan fingerprint density at radius 1 is 1.21 bits per heavy atom. The van der Waals surface area contributed by atoms with Gasteiger partial charge in [-0.25, -0.2) is 0 Å². The second-order valence-corrected chi connectivity index (χ2v) is 5.63. The largest absolute Gasteiger partial charge is 0.493 e. The first-order valence-corrected chi connectivity index (χ1v) is 7.20.